The summed E-state index contributed by atoms with van der Waals surface area (Å²) in [6.45, 7) is 3.41. The van der Waals surface area contributed by atoms with Gasteiger partial charge in [-0.1, -0.05) is 41.9 Å². The third kappa shape index (κ3) is 3.99. The summed E-state index contributed by atoms with van der Waals surface area (Å²) >= 11 is 7.75. The van der Waals surface area contributed by atoms with E-state index in [1.165, 1.54) is 24.2 Å². The molecule has 0 spiro atoms. The van der Waals surface area contributed by atoms with E-state index in [1.807, 2.05) is 59.0 Å². The third-order valence-corrected chi connectivity index (χ3v) is 7.93. The molecule has 1 fully saturated rings. The molecule has 35 heavy (non-hydrogen) atoms. The van der Waals surface area contributed by atoms with Gasteiger partial charge in [0.25, 0.3) is 5.91 Å². The molecule has 2 aromatic carbocycles. The normalized spacial score (nSPS) is 14.3. The van der Waals surface area contributed by atoms with E-state index in [1.54, 1.807) is 6.07 Å². The van der Waals surface area contributed by atoms with Crippen molar-refractivity contribution in [2.24, 2.45) is 0 Å². The van der Waals surface area contributed by atoms with Crippen LogP contribution in [0.15, 0.2) is 65.5 Å². The second-order valence-electron chi connectivity index (χ2n) is 8.80. The number of nitrogens with one attached hydrogen (secondary N) is 1. The van der Waals surface area contributed by atoms with Gasteiger partial charge in [0.05, 0.1) is 21.3 Å². The summed E-state index contributed by atoms with van der Waals surface area (Å²) in [4.78, 5) is 34.8. The summed E-state index contributed by atoms with van der Waals surface area (Å²) in [6.07, 6.45) is 2.39. The number of carbonyl (C=O) groups excluding carboxylic acids is 1. The standard InChI is InChI=1S/C27H23ClN4O2S/c28-18-8-11-22-21(16-18)32-25-19(9-10-20(30-25)17-6-2-1-3-7-17)24(33)23(27(32)35-22)26(34)29-12-15-31-13-4-5-14-31/h1-3,6-11,16H,4-5,12-15H2,(H,29,34). The Labute approximate surface area is 210 Å². The van der Waals surface area contributed by atoms with E-state index < -0.39 is 0 Å². The molecule has 1 aliphatic heterocycles. The highest BCUT2D eigenvalue weighted by molar-refractivity contribution is 7.24. The van der Waals surface area contributed by atoms with Gasteiger partial charge in [0.15, 0.2) is 0 Å². The molecule has 8 heteroatoms. The average molecular weight is 503 g/mol. The number of nitrogens with zero attached hydrogens (tertiary/aromatic N) is 3. The lowest BCUT2D eigenvalue weighted by Crippen LogP contribution is -2.35. The number of halogens is 1. The molecule has 1 amide bonds. The van der Waals surface area contributed by atoms with Crippen LogP contribution in [0.25, 0.3) is 37.3 Å². The summed E-state index contributed by atoms with van der Waals surface area (Å²) in [5.41, 5.74) is 2.92. The molecule has 0 unspecified atom stereocenters. The Morgan fingerprint density at radius 1 is 1.06 bits per heavy atom. The maximum Gasteiger partial charge on any atom is 0.258 e. The van der Waals surface area contributed by atoms with Gasteiger partial charge in [-0.15, -0.1) is 11.3 Å². The quantitative estimate of drug-likeness (QED) is 0.358. The molecular formula is C27H23ClN4O2S. The maximum absolute atomic E-state index is 13.7. The SMILES string of the molecule is O=C(NCCN1CCCC1)c1c(=O)c2ccc(-c3ccccc3)nc2n2c1sc1ccc(Cl)cc12. The van der Waals surface area contributed by atoms with Crippen molar-refractivity contribution in [1.29, 1.82) is 0 Å². The van der Waals surface area contributed by atoms with E-state index in [2.05, 4.69) is 10.2 Å². The van der Waals surface area contributed by atoms with Gasteiger partial charge in [-0.2, -0.15) is 0 Å². The van der Waals surface area contributed by atoms with Crippen molar-refractivity contribution in [1.82, 2.24) is 19.6 Å². The molecule has 0 saturated carbocycles. The van der Waals surface area contributed by atoms with E-state index >= 15 is 0 Å². The number of carbonyl (C=O) groups is 1. The van der Waals surface area contributed by atoms with E-state index in [9.17, 15) is 9.59 Å². The Hall–Kier alpha value is -3.26. The molecule has 5 aromatic rings. The fourth-order valence-electron chi connectivity index (χ4n) is 4.80. The topological polar surface area (TPSA) is 66.7 Å². The van der Waals surface area contributed by atoms with Crippen molar-refractivity contribution in [2.45, 2.75) is 12.8 Å². The van der Waals surface area contributed by atoms with Crippen LogP contribution in [0.2, 0.25) is 5.02 Å². The van der Waals surface area contributed by atoms with E-state index in [4.69, 9.17) is 16.6 Å². The van der Waals surface area contributed by atoms with E-state index in [0.29, 0.717) is 27.4 Å². The molecule has 1 N–H and O–H groups in total. The zero-order valence-corrected chi connectivity index (χ0v) is 20.5. The Morgan fingerprint density at radius 3 is 2.66 bits per heavy atom. The van der Waals surface area contributed by atoms with Crippen LogP contribution < -0.4 is 10.7 Å². The number of benzene rings is 2. The smallest absolute Gasteiger partial charge is 0.258 e. The second-order valence-corrected chi connectivity index (χ2v) is 10.3. The molecule has 6 nitrogen and oxygen atoms in total. The van der Waals surface area contributed by atoms with Crippen LogP contribution in [0, 0.1) is 0 Å². The molecule has 176 valence electrons. The van der Waals surface area contributed by atoms with Gasteiger partial charge >= 0.3 is 0 Å². The highest BCUT2D eigenvalue weighted by Crippen LogP contribution is 2.33. The monoisotopic (exact) mass is 502 g/mol. The zero-order valence-electron chi connectivity index (χ0n) is 19.0. The van der Waals surface area contributed by atoms with Crippen LogP contribution >= 0.6 is 22.9 Å². The van der Waals surface area contributed by atoms with Crippen LogP contribution in [0.1, 0.15) is 23.2 Å². The van der Waals surface area contributed by atoms with Crippen LogP contribution in [-0.2, 0) is 0 Å². The van der Waals surface area contributed by atoms with Gasteiger partial charge in [0.2, 0.25) is 5.43 Å². The molecule has 4 heterocycles. The van der Waals surface area contributed by atoms with Crippen LogP contribution in [0.3, 0.4) is 0 Å². The van der Waals surface area contributed by atoms with Crippen LogP contribution in [0.5, 0.6) is 0 Å². The van der Waals surface area contributed by atoms with Gasteiger partial charge in [0, 0.05) is 23.7 Å². The van der Waals surface area contributed by atoms with Crippen molar-refractivity contribution >= 4 is 54.9 Å². The van der Waals surface area contributed by atoms with Gasteiger partial charge < -0.3 is 10.2 Å². The molecule has 1 saturated heterocycles. The number of hydrogen-bond donors (Lipinski definition) is 1. The van der Waals surface area contributed by atoms with Crippen LogP contribution in [-0.4, -0.2) is 46.4 Å². The first-order chi connectivity index (χ1) is 17.1. The van der Waals surface area contributed by atoms with E-state index in [-0.39, 0.29) is 16.9 Å². The number of amides is 1. The lowest BCUT2D eigenvalue weighted by Gasteiger charge is -2.15. The number of thiazole rings is 1. The Balaban J connectivity index is 1.53. The Kier molecular flexibility index (Phi) is 5.76. The van der Waals surface area contributed by atoms with Crippen molar-refractivity contribution in [3.8, 4) is 11.3 Å². The minimum atomic E-state index is -0.349. The summed E-state index contributed by atoms with van der Waals surface area (Å²) < 4.78 is 2.84. The first-order valence-electron chi connectivity index (χ1n) is 11.7. The molecule has 0 aliphatic carbocycles. The minimum absolute atomic E-state index is 0.158. The van der Waals surface area contributed by atoms with Gasteiger partial charge in [-0.05, 0) is 56.3 Å². The number of fused-ring (bicyclic) bond motifs is 5. The molecule has 6 rings (SSSR count). The lowest BCUT2D eigenvalue weighted by atomic mass is 10.1. The highest BCUT2D eigenvalue weighted by Gasteiger charge is 2.23. The number of hydrogen-bond acceptors (Lipinski definition) is 5. The Morgan fingerprint density at radius 2 is 1.86 bits per heavy atom. The fraction of sp³-hybridized carbons (Fsp3) is 0.222. The second kappa shape index (κ2) is 9.07. The average Bonchev–Trinajstić information content (AvgIpc) is 3.52. The van der Waals surface area contributed by atoms with Gasteiger partial charge in [0.1, 0.15) is 16.0 Å². The van der Waals surface area contributed by atoms with Crippen molar-refractivity contribution in [3.63, 3.8) is 0 Å². The number of pyridine rings is 2. The molecule has 0 radical (unpaired) electrons. The third-order valence-electron chi connectivity index (χ3n) is 6.55. The molecule has 0 atom stereocenters. The van der Waals surface area contributed by atoms with Crippen molar-refractivity contribution < 1.29 is 4.79 Å². The highest BCUT2D eigenvalue weighted by atomic mass is 35.5. The van der Waals surface area contributed by atoms with Crippen LogP contribution in [0.4, 0.5) is 0 Å². The largest absolute Gasteiger partial charge is 0.351 e. The first kappa shape index (κ1) is 22.2. The summed E-state index contributed by atoms with van der Waals surface area (Å²) in [5.74, 6) is -0.349. The molecular weight excluding hydrogens is 480 g/mol. The van der Waals surface area contributed by atoms with Crippen molar-refractivity contribution in [3.05, 3.63) is 81.5 Å². The number of likely N-dealkylation sites (tertiary alicyclic amines) is 1. The summed E-state index contributed by atoms with van der Waals surface area (Å²) in [7, 11) is 0. The molecule has 3 aromatic heterocycles. The van der Waals surface area contributed by atoms with Gasteiger partial charge in [-0.3, -0.25) is 14.0 Å². The van der Waals surface area contributed by atoms with E-state index in [0.717, 1.165) is 41.1 Å². The summed E-state index contributed by atoms with van der Waals surface area (Å²) in [6, 6.07) is 19.0. The zero-order chi connectivity index (χ0) is 23.9. The minimum Gasteiger partial charge on any atom is -0.351 e. The first-order valence-corrected chi connectivity index (χ1v) is 12.9. The fourth-order valence-corrected chi connectivity index (χ4v) is 6.13. The maximum atomic E-state index is 13.7. The lowest BCUT2D eigenvalue weighted by molar-refractivity contribution is 0.0950. The Bertz CT molecular complexity index is 1640. The van der Waals surface area contributed by atoms with Gasteiger partial charge in [-0.25, -0.2) is 4.98 Å². The molecule has 0 bridgehead atoms. The summed E-state index contributed by atoms with van der Waals surface area (Å²) in [5, 5.41) is 3.97. The molecule has 1 aliphatic rings. The van der Waals surface area contributed by atoms with Crippen molar-refractivity contribution in [2.75, 3.05) is 26.2 Å². The number of aromatic nitrogens is 2. The number of rotatable bonds is 5. The predicted molar refractivity (Wildman–Crippen MR) is 143 cm³/mol. The predicted octanol–water partition coefficient (Wildman–Crippen LogP) is 5.21.